The van der Waals surface area contributed by atoms with Crippen molar-refractivity contribution in [3.8, 4) is 0 Å². The highest BCUT2D eigenvalue weighted by Gasteiger charge is 2.39. The highest BCUT2D eigenvalue weighted by Crippen LogP contribution is 2.34. The van der Waals surface area contributed by atoms with Crippen LogP contribution in [-0.2, 0) is 9.59 Å². The van der Waals surface area contributed by atoms with E-state index in [4.69, 9.17) is 0 Å². The fraction of sp³-hybridized carbons (Fsp3) is 0.833. The monoisotopic (exact) mass is 242 g/mol. The zero-order valence-electron chi connectivity index (χ0n) is 10.9. The summed E-state index contributed by atoms with van der Waals surface area (Å²) in [5.41, 5.74) is -0.572. The number of aliphatic carboxylic acids is 1. The standard InChI is InChI=1S/C12H22N2O3/c1-4-12(11(16)17)5-7-14(8-6-12)9-10(15)13(2)3/h4-9H2,1-3H3,(H,16,17). The second kappa shape index (κ2) is 5.49. The lowest BCUT2D eigenvalue weighted by Gasteiger charge is -2.38. The van der Waals surface area contributed by atoms with Crippen LogP contribution in [0.1, 0.15) is 26.2 Å². The molecule has 1 N–H and O–H groups in total. The van der Waals surface area contributed by atoms with Crippen molar-refractivity contribution in [3.63, 3.8) is 0 Å². The number of carbonyl (C=O) groups excluding carboxylic acids is 1. The number of carbonyl (C=O) groups is 2. The van der Waals surface area contributed by atoms with Gasteiger partial charge in [0.25, 0.3) is 0 Å². The van der Waals surface area contributed by atoms with Gasteiger partial charge in [0, 0.05) is 14.1 Å². The number of hydrogen-bond acceptors (Lipinski definition) is 3. The van der Waals surface area contributed by atoms with Gasteiger partial charge in [-0.25, -0.2) is 0 Å². The van der Waals surface area contributed by atoms with Crippen LogP contribution < -0.4 is 0 Å². The second-order valence-corrected chi connectivity index (χ2v) is 5.00. The Morgan fingerprint density at radius 3 is 2.18 bits per heavy atom. The van der Waals surface area contributed by atoms with Crippen LogP contribution in [0, 0.1) is 5.41 Å². The van der Waals surface area contributed by atoms with Crippen molar-refractivity contribution >= 4 is 11.9 Å². The van der Waals surface area contributed by atoms with E-state index in [-0.39, 0.29) is 5.91 Å². The van der Waals surface area contributed by atoms with Gasteiger partial charge in [0.15, 0.2) is 0 Å². The lowest BCUT2D eigenvalue weighted by molar-refractivity contribution is -0.152. The Morgan fingerprint density at radius 2 is 1.82 bits per heavy atom. The fourth-order valence-corrected chi connectivity index (χ4v) is 2.19. The van der Waals surface area contributed by atoms with E-state index in [2.05, 4.69) is 0 Å². The molecule has 0 saturated carbocycles. The Labute approximate surface area is 102 Å². The fourth-order valence-electron chi connectivity index (χ4n) is 2.19. The molecule has 0 atom stereocenters. The Balaban J connectivity index is 2.50. The molecule has 1 fully saturated rings. The Hall–Kier alpha value is -1.10. The summed E-state index contributed by atoms with van der Waals surface area (Å²) >= 11 is 0. The van der Waals surface area contributed by atoms with Crippen molar-refractivity contribution in [2.45, 2.75) is 26.2 Å². The number of rotatable bonds is 4. The molecule has 0 aromatic carbocycles. The minimum atomic E-state index is -0.696. The molecule has 1 amide bonds. The lowest BCUT2D eigenvalue weighted by atomic mass is 9.76. The quantitative estimate of drug-likeness (QED) is 0.786. The van der Waals surface area contributed by atoms with Crippen LogP contribution in [-0.4, -0.2) is 60.5 Å². The molecule has 1 heterocycles. The molecule has 5 nitrogen and oxygen atoms in total. The molecular formula is C12H22N2O3. The summed E-state index contributed by atoms with van der Waals surface area (Å²) in [6.45, 7) is 3.71. The Morgan fingerprint density at radius 1 is 1.29 bits per heavy atom. The molecule has 0 aromatic heterocycles. The number of carboxylic acids is 1. The number of likely N-dealkylation sites (N-methyl/N-ethyl adjacent to an activating group) is 1. The first-order valence-electron chi connectivity index (χ1n) is 6.07. The van der Waals surface area contributed by atoms with Gasteiger partial charge in [0.2, 0.25) is 5.91 Å². The minimum Gasteiger partial charge on any atom is -0.481 e. The molecule has 1 rings (SSSR count). The predicted octanol–water partition coefficient (Wildman–Crippen LogP) is 0.651. The lowest BCUT2D eigenvalue weighted by Crippen LogP contribution is -2.47. The summed E-state index contributed by atoms with van der Waals surface area (Å²) in [7, 11) is 3.47. The zero-order chi connectivity index (χ0) is 13.1. The average molecular weight is 242 g/mol. The van der Waals surface area contributed by atoms with Crippen LogP contribution in [0.15, 0.2) is 0 Å². The van der Waals surface area contributed by atoms with Gasteiger partial charge in [-0.1, -0.05) is 6.92 Å². The van der Waals surface area contributed by atoms with E-state index in [0.717, 1.165) is 0 Å². The third-order valence-electron chi connectivity index (χ3n) is 3.80. The summed E-state index contributed by atoms with van der Waals surface area (Å²) in [6, 6.07) is 0. The van der Waals surface area contributed by atoms with Gasteiger partial charge in [-0.2, -0.15) is 0 Å². The molecule has 1 aliphatic rings. The molecule has 1 saturated heterocycles. The topological polar surface area (TPSA) is 60.9 Å². The Kier molecular flexibility index (Phi) is 4.51. The molecule has 0 spiro atoms. The van der Waals surface area contributed by atoms with Crippen LogP contribution in [0.4, 0.5) is 0 Å². The summed E-state index contributed by atoms with van der Waals surface area (Å²) in [5, 5.41) is 9.25. The molecular weight excluding hydrogens is 220 g/mol. The maximum Gasteiger partial charge on any atom is 0.309 e. The number of carboxylic acid groups (broad SMARTS) is 1. The predicted molar refractivity (Wildman–Crippen MR) is 64.7 cm³/mol. The third kappa shape index (κ3) is 3.19. The van der Waals surface area contributed by atoms with Crippen LogP contribution in [0.3, 0.4) is 0 Å². The molecule has 5 heteroatoms. The number of hydrogen-bond donors (Lipinski definition) is 1. The van der Waals surface area contributed by atoms with Crippen LogP contribution in [0.5, 0.6) is 0 Å². The average Bonchev–Trinajstić information content (AvgIpc) is 2.29. The van der Waals surface area contributed by atoms with Gasteiger partial charge in [-0.15, -0.1) is 0 Å². The van der Waals surface area contributed by atoms with E-state index in [9.17, 15) is 14.7 Å². The van der Waals surface area contributed by atoms with Gasteiger partial charge in [-0.3, -0.25) is 14.5 Å². The summed E-state index contributed by atoms with van der Waals surface area (Å²) < 4.78 is 0. The van der Waals surface area contributed by atoms with E-state index in [1.165, 1.54) is 0 Å². The molecule has 0 radical (unpaired) electrons. The molecule has 0 aromatic rings. The molecule has 98 valence electrons. The van der Waals surface area contributed by atoms with Gasteiger partial charge in [0.1, 0.15) is 0 Å². The van der Waals surface area contributed by atoms with Gasteiger partial charge < -0.3 is 10.0 Å². The minimum absolute atomic E-state index is 0.0734. The maximum atomic E-state index is 11.5. The first-order chi connectivity index (χ1) is 7.91. The molecule has 1 aliphatic heterocycles. The van der Waals surface area contributed by atoms with Crippen molar-refractivity contribution in [1.29, 1.82) is 0 Å². The van der Waals surface area contributed by atoms with Gasteiger partial charge in [-0.05, 0) is 32.4 Å². The normalized spacial score (nSPS) is 19.9. The summed E-state index contributed by atoms with van der Waals surface area (Å²) in [4.78, 5) is 26.4. The van der Waals surface area contributed by atoms with Crippen molar-refractivity contribution in [2.24, 2.45) is 5.41 Å². The molecule has 17 heavy (non-hydrogen) atoms. The largest absolute Gasteiger partial charge is 0.481 e. The van der Waals surface area contributed by atoms with E-state index in [1.54, 1.807) is 19.0 Å². The van der Waals surface area contributed by atoms with Crippen LogP contribution in [0.2, 0.25) is 0 Å². The number of piperidine rings is 1. The van der Waals surface area contributed by atoms with Crippen molar-refractivity contribution in [1.82, 2.24) is 9.80 Å². The summed E-state index contributed by atoms with van der Waals surface area (Å²) in [6.07, 6.45) is 1.94. The molecule has 0 unspecified atom stereocenters. The molecule has 0 bridgehead atoms. The van der Waals surface area contributed by atoms with E-state index in [1.807, 2.05) is 11.8 Å². The van der Waals surface area contributed by atoms with Gasteiger partial charge in [0.05, 0.1) is 12.0 Å². The second-order valence-electron chi connectivity index (χ2n) is 5.00. The SMILES string of the molecule is CCC1(C(=O)O)CCN(CC(=O)N(C)C)CC1. The van der Waals surface area contributed by atoms with E-state index >= 15 is 0 Å². The highest BCUT2D eigenvalue weighted by molar-refractivity contribution is 5.78. The van der Waals surface area contributed by atoms with Gasteiger partial charge >= 0.3 is 5.97 Å². The van der Waals surface area contributed by atoms with E-state index < -0.39 is 11.4 Å². The van der Waals surface area contributed by atoms with Crippen LogP contribution >= 0.6 is 0 Å². The third-order valence-corrected chi connectivity index (χ3v) is 3.80. The first kappa shape index (κ1) is 14.0. The van der Waals surface area contributed by atoms with Crippen molar-refractivity contribution in [2.75, 3.05) is 33.7 Å². The smallest absolute Gasteiger partial charge is 0.309 e. The van der Waals surface area contributed by atoms with Crippen LogP contribution in [0.25, 0.3) is 0 Å². The van der Waals surface area contributed by atoms with Crippen molar-refractivity contribution < 1.29 is 14.7 Å². The summed E-state index contributed by atoms with van der Waals surface area (Å²) in [5.74, 6) is -0.622. The van der Waals surface area contributed by atoms with E-state index in [0.29, 0.717) is 38.9 Å². The number of amides is 1. The number of nitrogens with zero attached hydrogens (tertiary/aromatic N) is 2. The highest BCUT2D eigenvalue weighted by atomic mass is 16.4. The molecule has 0 aliphatic carbocycles. The Bertz CT molecular complexity index is 294. The maximum absolute atomic E-state index is 11.5. The van der Waals surface area contributed by atoms with Crippen molar-refractivity contribution in [3.05, 3.63) is 0 Å². The zero-order valence-corrected chi connectivity index (χ0v) is 10.9. The first-order valence-corrected chi connectivity index (χ1v) is 6.07. The number of likely N-dealkylation sites (tertiary alicyclic amines) is 1.